The summed E-state index contributed by atoms with van der Waals surface area (Å²) in [5.41, 5.74) is 3.17. The summed E-state index contributed by atoms with van der Waals surface area (Å²) in [6.07, 6.45) is 3.10. The Kier molecular flexibility index (Phi) is 3.16. The Hall–Kier alpha value is -3.07. The fourth-order valence-electron chi connectivity index (χ4n) is 2.24. The zero-order valence-electron chi connectivity index (χ0n) is 11.3. The number of esters is 1. The predicted molar refractivity (Wildman–Crippen MR) is 76.6 cm³/mol. The Bertz CT molecular complexity index is 854. The van der Waals surface area contributed by atoms with Gasteiger partial charge in [-0.1, -0.05) is 6.07 Å². The van der Waals surface area contributed by atoms with Crippen LogP contribution in [0.2, 0.25) is 0 Å². The van der Waals surface area contributed by atoms with Crippen molar-refractivity contribution in [1.29, 1.82) is 5.26 Å². The number of hydrogen-bond acceptors (Lipinski definition) is 4. The minimum Gasteiger partial charge on any atom is -0.462 e. The van der Waals surface area contributed by atoms with Gasteiger partial charge < -0.3 is 9.72 Å². The van der Waals surface area contributed by atoms with Crippen LogP contribution in [0.4, 0.5) is 0 Å². The number of ether oxygens (including phenoxy) is 1. The molecule has 6 heteroatoms. The van der Waals surface area contributed by atoms with Gasteiger partial charge in [0.05, 0.1) is 24.1 Å². The van der Waals surface area contributed by atoms with E-state index >= 15 is 0 Å². The fourth-order valence-corrected chi connectivity index (χ4v) is 2.24. The van der Waals surface area contributed by atoms with E-state index in [1.165, 1.54) is 6.20 Å². The molecule has 0 fully saturated rings. The molecular weight excluding hydrogens is 268 g/mol. The maximum Gasteiger partial charge on any atom is 0.341 e. The predicted octanol–water partition coefficient (Wildman–Crippen LogP) is 2.61. The molecule has 0 unspecified atom stereocenters. The van der Waals surface area contributed by atoms with Crippen LogP contribution >= 0.6 is 0 Å². The Labute approximate surface area is 120 Å². The molecule has 0 aliphatic rings. The number of nitrogens with one attached hydrogen (secondary N) is 2. The average molecular weight is 280 g/mol. The van der Waals surface area contributed by atoms with Gasteiger partial charge in [0.1, 0.15) is 11.6 Å². The molecule has 3 aromatic rings. The molecule has 0 saturated carbocycles. The standard InChI is InChI=1S/C15H12N4O2/c1-2-21-15(20)12-8-18-19-14(12)9-3-4-13-11(5-9)10(6-16)7-17-13/h3-5,7-8,17H,2H2,1H3,(H,18,19). The minimum absolute atomic E-state index is 0.304. The summed E-state index contributed by atoms with van der Waals surface area (Å²) < 4.78 is 5.01. The largest absolute Gasteiger partial charge is 0.462 e. The normalized spacial score (nSPS) is 10.5. The van der Waals surface area contributed by atoms with Crippen LogP contribution in [0.3, 0.4) is 0 Å². The number of hydrogen-bond donors (Lipinski definition) is 2. The van der Waals surface area contributed by atoms with Crippen LogP contribution in [0.1, 0.15) is 22.8 Å². The summed E-state index contributed by atoms with van der Waals surface area (Å²) in [6.45, 7) is 2.06. The lowest BCUT2D eigenvalue weighted by Crippen LogP contribution is -2.04. The van der Waals surface area contributed by atoms with E-state index in [0.29, 0.717) is 23.4 Å². The molecule has 3 rings (SSSR count). The smallest absolute Gasteiger partial charge is 0.341 e. The molecule has 0 amide bonds. The molecule has 2 aromatic heterocycles. The summed E-state index contributed by atoms with van der Waals surface area (Å²) >= 11 is 0. The van der Waals surface area contributed by atoms with E-state index in [-0.39, 0.29) is 0 Å². The van der Waals surface area contributed by atoms with Crippen LogP contribution in [0.5, 0.6) is 0 Å². The second kappa shape index (κ2) is 5.13. The van der Waals surface area contributed by atoms with Gasteiger partial charge in [-0.25, -0.2) is 4.79 Å². The molecule has 0 spiro atoms. The third-order valence-corrected chi connectivity index (χ3v) is 3.23. The van der Waals surface area contributed by atoms with E-state index in [2.05, 4.69) is 21.3 Å². The van der Waals surface area contributed by atoms with Crippen LogP contribution in [-0.4, -0.2) is 27.8 Å². The lowest BCUT2D eigenvalue weighted by molar-refractivity contribution is 0.0527. The number of carbonyl (C=O) groups excluding carboxylic acids is 1. The number of fused-ring (bicyclic) bond motifs is 1. The average Bonchev–Trinajstić information content (AvgIpc) is 3.13. The van der Waals surface area contributed by atoms with E-state index in [9.17, 15) is 4.79 Å². The van der Waals surface area contributed by atoms with Crippen LogP contribution in [0.15, 0.2) is 30.6 Å². The zero-order chi connectivity index (χ0) is 14.8. The first-order chi connectivity index (χ1) is 10.2. The molecule has 1 aromatic carbocycles. The molecule has 0 radical (unpaired) electrons. The molecule has 0 aliphatic heterocycles. The second-order valence-corrected chi connectivity index (χ2v) is 4.45. The number of benzene rings is 1. The van der Waals surface area contributed by atoms with E-state index in [1.54, 1.807) is 13.1 Å². The number of nitrogens with zero attached hydrogens (tertiary/aromatic N) is 2. The molecular formula is C15H12N4O2. The van der Waals surface area contributed by atoms with Crippen molar-refractivity contribution in [3.8, 4) is 17.3 Å². The van der Waals surface area contributed by atoms with Crippen LogP contribution < -0.4 is 0 Å². The van der Waals surface area contributed by atoms with Crippen molar-refractivity contribution in [3.63, 3.8) is 0 Å². The molecule has 104 valence electrons. The Morgan fingerprint density at radius 1 is 1.48 bits per heavy atom. The van der Waals surface area contributed by atoms with Gasteiger partial charge in [0.2, 0.25) is 0 Å². The van der Waals surface area contributed by atoms with Crippen LogP contribution in [0, 0.1) is 11.3 Å². The van der Waals surface area contributed by atoms with Crippen molar-refractivity contribution >= 4 is 16.9 Å². The second-order valence-electron chi connectivity index (χ2n) is 4.45. The number of nitriles is 1. The molecule has 0 aliphatic carbocycles. The fraction of sp³-hybridized carbons (Fsp3) is 0.133. The number of aromatic nitrogens is 3. The highest BCUT2D eigenvalue weighted by Crippen LogP contribution is 2.27. The van der Waals surface area contributed by atoms with Crippen LogP contribution in [0.25, 0.3) is 22.2 Å². The summed E-state index contributed by atoms with van der Waals surface area (Å²) in [4.78, 5) is 14.9. The molecule has 0 atom stereocenters. The molecule has 0 bridgehead atoms. The highest BCUT2D eigenvalue weighted by Gasteiger charge is 2.17. The molecule has 2 heterocycles. The van der Waals surface area contributed by atoms with Gasteiger partial charge in [-0.05, 0) is 19.1 Å². The topological polar surface area (TPSA) is 94.6 Å². The van der Waals surface area contributed by atoms with Crippen molar-refractivity contribution in [2.45, 2.75) is 6.92 Å². The number of aromatic amines is 2. The van der Waals surface area contributed by atoms with Gasteiger partial charge in [0.25, 0.3) is 0 Å². The zero-order valence-corrected chi connectivity index (χ0v) is 11.3. The maximum absolute atomic E-state index is 11.9. The number of carbonyl (C=O) groups is 1. The first kappa shape index (κ1) is 12.9. The summed E-state index contributed by atoms with van der Waals surface area (Å²) in [6, 6.07) is 7.70. The third-order valence-electron chi connectivity index (χ3n) is 3.23. The van der Waals surface area contributed by atoms with Crippen molar-refractivity contribution in [3.05, 3.63) is 41.7 Å². The minimum atomic E-state index is -0.420. The molecule has 6 nitrogen and oxygen atoms in total. The van der Waals surface area contributed by atoms with Gasteiger partial charge in [0.15, 0.2) is 0 Å². The van der Waals surface area contributed by atoms with E-state index in [0.717, 1.165) is 16.5 Å². The monoisotopic (exact) mass is 280 g/mol. The molecule has 0 saturated heterocycles. The van der Waals surface area contributed by atoms with Gasteiger partial charge in [-0.2, -0.15) is 10.4 Å². The number of rotatable bonds is 3. The first-order valence-corrected chi connectivity index (χ1v) is 6.46. The van der Waals surface area contributed by atoms with Crippen molar-refractivity contribution < 1.29 is 9.53 Å². The Morgan fingerprint density at radius 2 is 2.33 bits per heavy atom. The van der Waals surface area contributed by atoms with Crippen molar-refractivity contribution in [1.82, 2.24) is 15.2 Å². The highest BCUT2D eigenvalue weighted by molar-refractivity contribution is 5.98. The van der Waals surface area contributed by atoms with Crippen molar-refractivity contribution in [2.75, 3.05) is 6.61 Å². The molecule has 2 N–H and O–H groups in total. The lowest BCUT2D eigenvalue weighted by Gasteiger charge is -2.03. The summed E-state index contributed by atoms with van der Waals surface area (Å²) in [7, 11) is 0. The van der Waals surface area contributed by atoms with Crippen LogP contribution in [-0.2, 0) is 4.74 Å². The summed E-state index contributed by atoms with van der Waals surface area (Å²) in [5, 5.41) is 16.6. The quantitative estimate of drug-likeness (QED) is 0.721. The van der Waals surface area contributed by atoms with Gasteiger partial charge in [-0.15, -0.1) is 0 Å². The highest BCUT2D eigenvalue weighted by atomic mass is 16.5. The number of H-pyrrole nitrogens is 2. The Balaban J connectivity index is 2.11. The van der Waals surface area contributed by atoms with E-state index in [1.807, 2.05) is 18.2 Å². The third kappa shape index (κ3) is 2.15. The van der Waals surface area contributed by atoms with Gasteiger partial charge >= 0.3 is 5.97 Å². The first-order valence-electron chi connectivity index (χ1n) is 6.46. The molecule has 21 heavy (non-hydrogen) atoms. The van der Waals surface area contributed by atoms with E-state index in [4.69, 9.17) is 10.00 Å². The maximum atomic E-state index is 11.9. The van der Waals surface area contributed by atoms with Gasteiger partial charge in [-0.3, -0.25) is 5.10 Å². The Morgan fingerprint density at radius 3 is 3.10 bits per heavy atom. The lowest BCUT2D eigenvalue weighted by atomic mass is 10.0. The van der Waals surface area contributed by atoms with E-state index < -0.39 is 5.97 Å². The summed E-state index contributed by atoms with van der Waals surface area (Å²) in [5.74, 6) is -0.420. The van der Waals surface area contributed by atoms with Gasteiger partial charge in [0, 0.05) is 22.7 Å². The van der Waals surface area contributed by atoms with Crippen molar-refractivity contribution in [2.24, 2.45) is 0 Å². The SMILES string of the molecule is CCOC(=O)c1cn[nH]c1-c1ccc2[nH]cc(C#N)c2c1.